The van der Waals surface area contributed by atoms with E-state index in [9.17, 15) is 13.2 Å². The van der Waals surface area contributed by atoms with Crippen molar-refractivity contribution in [3.8, 4) is 11.5 Å². The van der Waals surface area contributed by atoms with Crippen molar-refractivity contribution in [2.24, 2.45) is 0 Å². The van der Waals surface area contributed by atoms with Gasteiger partial charge in [0.1, 0.15) is 0 Å². The highest BCUT2D eigenvalue weighted by Gasteiger charge is 2.11. The molecule has 2 N–H and O–H groups in total. The Morgan fingerprint density at radius 3 is 2.39 bits per heavy atom. The highest BCUT2D eigenvalue weighted by atomic mass is 35.5. The smallest absolute Gasteiger partial charge is 0.248 e. The van der Waals surface area contributed by atoms with E-state index in [1.807, 2.05) is 6.92 Å². The van der Waals surface area contributed by atoms with Gasteiger partial charge >= 0.3 is 0 Å². The summed E-state index contributed by atoms with van der Waals surface area (Å²) in [6, 6.07) is 9.84. The summed E-state index contributed by atoms with van der Waals surface area (Å²) in [4.78, 5) is 12.2. The molecular formula is C22H27ClN2O5S. The lowest BCUT2D eigenvalue weighted by atomic mass is 10.2. The number of hydrogen-bond acceptors (Lipinski definition) is 5. The lowest BCUT2D eigenvalue weighted by molar-refractivity contribution is -0.111. The van der Waals surface area contributed by atoms with Crippen molar-refractivity contribution in [3.05, 3.63) is 53.1 Å². The number of amides is 1. The zero-order chi connectivity index (χ0) is 22.9. The first-order valence-electron chi connectivity index (χ1n) is 9.88. The number of ether oxygens (including phenoxy) is 2. The van der Waals surface area contributed by atoms with Gasteiger partial charge in [-0.2, -0.15) is 0 Å². The Kier molecular flexibility index (Phi) is 9.21. The molecule has 0 spiro atoms. The quantitative estimate of drug-likeness (QED) is 0.457. The first-order chi connectivity index (χ1) is 14.8. The van der Waals surface area contributed by atoms with Crippen LogP contribution in [0.3, 0.4) is 0 Å². The van der Waals surface area contributed by atoms with Gasteiger partial charge in [-0.05, 0) is 60.9 Å². The van der Waals surface area contributed by atoms with Crippen molar-refractivity contribution in [1.29, 1.82) is 0 Å². The molecule has 0 saturated heterocycles. The summed E-state index contributed by atoms with van der Waals surface area (Å²) in [5.74, 6) is 0.668. The summed E-state index contributed by atoms with van der Waals surface area (Å²) in [5.41, 5.74) is 1.66. The molecule has 0 saturated carbocycles. The molecule has 0 atom stereocenters. The number of nitrogens with one attached hydrogen (secondary N) is 2. The van der Waals surface area contributed by atoms with E-state index in [2.05, 4.69) is 10.0 Å². The molecule has 0 unspecified atom stereocenters. The molecule has 0 aliphatic carbocycles. The average molecular weight is 467 g/mol. The minimum absolute atomic E-state index is 0.0524. The standard InChI is InChI=1S/C22H27ClN2O5S/c1-4-12-30-22-19(23)14-16(15-20(22)29-3)6-11-21(26)24-17-7-9-18(10-8-17)25-31(27,28)13-5-2/h6-11,14-15,25H,4-5,12-13H2,1-3H3,(H,24,26)/b11-6+. The average Bonchev–Trinajstić information content (AvgIpc) is 2.72. The van der Waals surface area contributed by atoms with E-state index in [1.54, 1.807) is 49.4 Å². The number of sulfonamides is 1. The van der Waals surface area contributed by atoms with E-state index in [4.69, 9.17) is 21.1 Å². The highest BCUT2D eigenvalue weighted by molar-refractivity contribution is 7.92. The Labute approximate surface area is 188 Å². The van der Waals surface area contributed by atoms with Crippen molar-refractivity contribution < 1.29 is 22.7 Å². The summed E-state index contributed by atoms with van der Waals surface area (Å²) in [6.07, 6.45) is 4.35. The fraction of sp³-hybridized carbons (Fsp3) is 0.318. The maximum absolute atomic E-state index is 12.2. The van der Waals surface area contributed by atoms with Crippen LogP contribution in [0.5, 0.6) is 11.5 Å². The van der Waals surface area contributed by atoms with Crippen molar-refractivity contribution in [1.82, 2.24) is 0 Å². The minimum atomic E-state index is -3.36. The van der Waals surface area contributed by atoms with Crippen LogP contribution in [-0.4, -0.2) is 33.8 Å². The number of methoxy groups -OCH3 is 1. The van der Waals surface area contributed by atoms with Crippen LogP contribution < -0.4 is 19.5 Å². The fourth-order valence-corrected chi connectivity index (χ4v) is 4.07. The largest absolute Gasteiger partial charge is 0.493 e. The summed E-state index contributed by atoms with van der Waals surface area (Å²) in [5, 5.41) is 3.12. The fourth-order valence-electron chi connectivity index (χ4n) is 2.66. The summed E-state index contributed by atoms with van der Waals surface area (Å²) in [6.45, 7) is 4.31. The van der Waals surface area contributed by atoms with Crippen molar-refractivity contribution in [2.75, 3.05) is 29.5 Å². The molecule has 9 heteroatoms. The predicted molar refractivity (Wildman–Crippen MR) is 126 cm³/mol. The molecular weight excluding hydrogens is 440 g/mol. The molecule has 2 rings (SSSR count). The van der Waals surface area contributed by atoms with Crippen molar-refractivity contribution in [3.63, 3.8) is 0 Å². The van der Waals surface area contributed by atoms with Crippen molar-refractivity contribution >= 4 is 45.0 Å². The van der Waals surface area contributed by atoms with Crippen molar-refractivity contribution in [2.45, 2.75) is 26.7 Å². The van der Waals surface area contributed by atoms with Gasteiger partial charge < -0.3 is 14.8 Å². The molecule has 1 amide bonds. The Morgan fingerprint density at radius 1 is 1.10 bits per heavy atom. The Hall–Kier alpha value is -2.71. The van der Waals surface area contributed by atoms with E-state index >= 15 is 0 Å². The van der Waals surface area contributed by atoms with E-state index in [0.717, 1.165) is 6.42 Å². The van der Waals surface area contributed by atoms with E-state index in [-0.39, 0.29) is 11.7 Å². The number of carbonyl (C=O) groups is 1. The van der Waals surface area contributed by atoms with Gasteiger partial charge in [0.15, 0.2) is 11.5 Å². The Morgan fingerprint density at radius 2 is 1.77 bits per heavy atom. The van der Waals surface area contributed by atoms with Gasteiger partial charge in [-0.15, -0.1) is 0 Å². The normalized spacial score (nSPS) is 11.4. The Bertz CT molecular complexity index is 1020. The van der Waals surface area contributed by atoms with Crippen LogP contribution in [0.2, 0.25) is 5.02 Å². The van der Waals surface area contributed by atoms with Crippen LogP contribution in [0, 0.1) is 0 Å². The minimum Gasteiger partial charge on any atom is -0.493 e. The molecule has 2 aromatic rings. The maximum Gasteiger partial charge on any atom is 0.248 e. The third-order valence-electron chi connectivity index (χ3n) is 4.03. The van der Waals surface area contributed by atoms with Crippen LogP contribution in [0.1, 0.15) is 32.3 Å². The summed E-state index contributed by atoms with van der Waals surface area (Å²) in [7, 11) is -1.83. The van der Waals surface area contributed by atoms with E-state index in [1.165, 1.54) is 13.2 Å². The first kappa shape index (κ1) is 24.6. The molecule has 0 aliphatic heterocycles. The van der Waals surface area contributed by atoms with E-state index < -0.39 is 10.0 Å². The van der Waals surface area contributed by atoms with Gasteiger partial charge in [-0.1, -0.05) is 25.4 Å². The second-order valence-corrected chi connectivity index (χ2v) is 8.95. The number of halogens is 1. The van der Waals surface area contributed by atoms with Crippen LogP contribution >= 0.6 is 11.6 Å². The molecule has 0 heterocycles. The van der Waals surface area contributed by atoms with Gasteiger partial charge in [0.2, 0.25) is 15.9 Å². The second-order valence-electron chi connectivity index (χ2n) is 6.70. The highest BCUT2D eigenvalue weighted by Crippen LogP contribution is 2.36. The molecule has 0 radical (unpaired) electrons. The van der Waals surface area contributed by atoms with Crippen LogP contribution in [-0.2, 0) is 14.8 Å². The number of carbonyl (C=O) groups excluding carboxylic acids is 1. The molecule has 0 aliphatic rings. The van der Waals surface area contributed by atoms with Crippen LogP contribution in [0.25, 0.3) is 6.08 Å². The monoisotopic (exact) mass is 466 g/mol. The van der Waals surface area contributed by atoms with Gasteiger partial charge in [-0.3, -0.25) is 9.52 Å². The third kappa shape index (κ3) is 7.80. The topological polar surface area (TPSA) is 93.7 Å². The van der Waals surface area contributed by atoms with Gasteiger partial charge in [0.05, 0.1) is 24.5 Å². The molecule has 168 valence electrons. The number of benzene rings is 2. The summed E-state index contributed by atoms with van der Waals surface area (Å²) >= 11 is 6.29. The molecule has 0 fully saturated rings. The lowest BCUT2D eigenvalue weighted by Gasteiger charge is -2.12. The molecule has 31 heavy (non-hydrogen) atoms. The molecule has 0 bridgehead atoms. The van der Waals surface area contributed by atoms with Crippen LogP contribution in [0.4, 0.5) is 11.4 Å². The van der Waals surface area contributed by atoms with Crippen LogP contribution in [0.15, 0.2) is 42.5 Å². The van der Waals surface area contributed by atoms with E-state index in [0.29, 0.717) is 46.5 Å². The zero-order valence-electron chi connectivity index (χ0n) is 17.8. The second kappa shape index (κ2) is 11.6. The predicted octanol–water partition coefficient (Wildman–Crippen LogP) is 4.94. The third-order valence-corrected chi connectivity index (χ3v) is 5.80. The Balaban J connectivity index is 2.03. The lowest BCUT2D eigenvalue weighted by Crippen LogP contribution is -2.16. The van der Waals surface area contributed by atoms with Gasteiger partial charge in [-0.25, -0.2) is 8.42 Å². The first-order valence-corrected chi connectivity index (χ1v) is 11.9. The number of rotatable bonds is 11. The SMILES string of the molecule is CCCOc1c(Cl)cc(/C=C/C(=O)Nc2ccc(NS(=O)(=O)CCC)cc2)cc1OC. The zero-order valence-corrected chi connectivity index (χ0v) is 19.3. The molecule has 7 nitrogen and oxygen atoms in total. The summed E-state index contributed by atoms with van der Waals surface area (Å²) < 4.78 is 37.1. The maximum atomic E-state index is 12.2. The number of hydrogen-bond donors (Lipinski definition) is 2. The number of anilines is 2. The molecule has 0 aromatic heterocycles. The molecule has 2 aromatic carbocycles. The van der Waals surface area contributed by atoms with Gasteiger partial charge in [0.25, 0.3) is 0 Å². The van der Waals surface area contributed by atoms with Gasteiger partial charge in [0, 0.05) is 17.5 Å².